The Labute approximate surface area is 164 Å². The molecular weight excluding hydrogens is 358 g/mol. The van der Waals surface area contributed by atoms with Crippen LogP contribution in [0.15, 0.2) is 40.8 Å². The summed E-state index contributed by atoms with van der Waals surface area (Å²) < 4.78 is 11.1. The van der Waals surface area contributed by atoms with Crippen LogP contribution in [-0.4, -0.2) is 49.5 Å². The van der Waals surface area contributed by atoms with Crippen LogP contribution in [0, 0.1) is 0 Å². The molecule has 1 aromatic carbocycles. The summed E-state index contributed by atoms with van der Waals surface area (Å²) >= 11 is 0. The number of rotatable bonds is 6. The zero-order valence-corrected chi connectivity index (χ0v) is 15.9. The van der Waals surface area contributed by atoms with Crippen LogP contribution in [0.1, 0.15) is 35.6 Å². The predicted octanol–water partition coefficient (Wildman–Crippen LogP) is 2.42. The molecule has 0 bridgehead atoms. The van der Waals surface area contributed by atoms with E-state index in [9.17, 15) is 9.59 Å². The van der Waals surface area contributed by atoms with E-state index in [1.165, 1.54) is 19.3 Å². The molecule has 7 nitrogen and oxygen atoms in total. The highest BCUT2D eigenvalue weighted by molar-refractivity contribution is 5.97. The van der Waals surface area contributed by atoms with Gasteiger partial charge in [0.05, 0.1) is 12.2 Å². The Morgan fingerprint density at radius 2 is 1.89 bits per heavy atom. The van der Waals surface area contributed by atoms with Crippen LogP contribution in [0.3, 0.4) is 0 Å². The maximum Gasteiger partial charge on any atom is 0.287 e. The molecule has 1 N–H and O–H groups in total. The van der Waals surface area contributed by atoms with Crippen LogP contribution >= 0.6 is 0 Å². The first-order valence-corrected chi connectivity index (χ1v) is 9.82. The molecule has 1 fully saturated rings. The second-order valence-corrected chi connectivity index (χ2v) is 7.16. The number of nitrogens with one attached hydrogen (secondary N) is 1. The van der Waals surface area contributed by atoms with Crippen molar-refractivity contribution in [2.75, 3.05) is 37.7 Å². The fourth-order valence-corrected chi connectivity index (χ4v) is 3.67. The molecule has 28 heavy (non-hydrogen) atoms. The summed E-state index contributed by atoms with van der Waals surface area (Å²) in [5.74, 6) is 1.14. The second-order valence-electron chi connectivity index (χ2n) is 7.16. The number of benzene rings is 1. The van der Waals surface area contributed by atoms with Gasteiger partial charge in [0.1, 0.15) is 11.5 Å². The third-order valence-corrected chi connectivity index (χ3v) is 5.17. The molecule has 1 saturated heterocycles. The van der Waals surface area contributed by atoms with Gasteiger partial charge in [-0.3, -0.25) is 14.5 Å². The number of amides is 2. The zero-order chi connectivity index (χ0) is 19.3. The first-order valence-electron chi connectivity index (χ1n) is 9.82. The fraction of sp³-hybridized carbons (Fsp3) is 0.429. The predicted molar refractivity (Wildman–Crippen MR) is 104 cm³/mol. The number of anilines is 1. The fourth-order valence-electron chi connectivity index (χ4n) is 3.67. The van der Waals surface area contributed by atoms with E-state index in [0.29, 0.717) is 23.7 Å². The first-order chi connectivity index (χ1) is 13.7. The lowest BCUT2D eigenvalue weighted by Gasteiger charge is -2.28. The Bertz CT molecular complexity index is 842. The molecule has 0 aliphatic carbocycles. The monoisotopic (exact) mass is 383 g/mol. The Kier molecular flexibility index (Phi) is 5.62. The highest BCUT2D eigenvalue weighted by Crippen LogP contribution is 2.32. The lowest BCUT2D eigenvalue weighted by Crippen LogP contribution is -2.38. The summed E-state index contributed by atoms with van der Waals surface area (Å²) in [5, 5.41) is 2.91. The van der Waals surface area contributed by atoms with Gasteiger partial charge in [-0.2, -0.15) is 0 Å². The highest BCUT2D eigenvalue weighted by atomic mass is 16.5. The van der Waals surface area contributed by atoms with Crippen LogP contribution in [0.4, 0.5) is 5.69 Å². The molecule has 7 heteroatoms. The number of carbonyl (C=O) groups is 2. The zero-order valence-electron chi connectivity index (χ0n) is 15.9. The Morgan fingerprint density at radius 3 is 2.75 bits per heavy atom. The van der Waals surface area contributed by atoms with Crippen LogP contribution in [0.5, 0.6) is 5.75 Å². The average molecular weight is 383 g/mol. The molecule has 2 amide bonds. The average Bonchev–Trinajstić information content (AvgIpc) is 3.20. The lowest BCUT2D eigenvalue weighted by molar-refractivity contribution is -0.121. The van der Waals surface area contributed by atoms with E-state index >= 15 is 0 Å². The van der Waals surface area contributed by atoms with E-state index in [-0.39, 0.29) is 30.7 Å². The molecule has 0 radical (unpaired) electrons. The number of fused-ring (bicyclic) bond motifs is 1. The molecule has 2 aromatic rings. The SMILES string of the molecule is O=C(NCCN1CCCCC1)c1ccc(CN2C(=O)COc3ccccc32)o1. The quantitative estimate of drug-likeness (QED) is 0.829. The number of furan rings is 1. The Balaban J connectivity index is 1.34. The van der Waals surface area contributed by atoms with Crippen LogP contribution in [0.2, 0.25) is 0 Å². The van der Waals surface area contributed by atoms with E-state index in [2.05, 4.69) is 10.2 Å². The molecule has 0 unspecified atom stereocenters. The summed E-state index contributed by atoms with van der Waals surface area (Å²) in [5.41, 5.74) is 0.711. The van der Waals surface area contributed by atoms with Crippen molar-refractivity contribution < 1.29 is 18.7 Å². The van der Waals surface area contributed by atoms with Crippen molar-refractivity contribution in [3.63, 3.8) is 0 Å². The first kappa shape index (κ1) is 18.6. The molecule has 0 spiro atoms. The van der Waals surface area contributed by atoms with Crippen molar-refractivity contribution in [1.29, 1.82) is 0 Å². The van der Waals surface area contributed by atoms with Crippen molar-refractivity contribution in [2.24, 2.45) is 0 Å². The van der Waals surface area contributed by atoms with Gasteiger partial charge < -0.3 is 19.4 Å². The molecule has 0 saturated carbocycles. The number of hydrogen-bond donors (Lipinski definition) is 1. The molecule has 2 aliphatic heterocycles. The molecule has 3 heterocycles. The summed E-state index contributed by atoms with van der Waals surface area (Å²) in [6.45, 7) is 3.94. The van der Waals surface area contributed by atoms with Gasteiger partial charge in [-0.25, -0.2) is 0 Å². The van der Waals surface area contributed by atoms with Crippen molar-refractivity contribution in [1.82, 2.24) is 10.2 Å². The highest BCUT2D eigenvalue weighted by Gasteiger charge is 2.26. The van der Waals surface area contributed by atoms with E-state index in [1.807, 2.05) is 24.3 Å². The molecule has 148 valence electrons. The van der Waals surface area contributed by atoms with Gasteiger partial charge in [0.15, 0.2) is 12.4 Å². The summed E-state index contributed by atoms with van der Waals surface area (Å²) in [6, 6.07) is 10.8. The van der Waals surface area contributed by atoms with Crippen molar-refractivity contribution >= 4 is 17.5 Å². The van der Waals surface area contributed by atoms with E-state index in [0.717, 1.165) is 19.6 Å². The normalized spacial score (nSPS) is 17.1. The molecule has 0 atom stereocenters. The number of likely N-dealkylation sites (tertiary alicyclic amines) is 1. The van der Waals surface area contributed by atoms with E-state index in [4.69, 9.17) is 9.15 Å². The van der Waals surface area contributed by atoms with Crippen LogP contribution in [-0.2, 0) is 11.3 Å². The number of piperidine rings is 1. The second kappa shape index (κ2) is 8.48. The summed E-state index contributed by atoms with van der Waals surface area (Å²) in [4.78, 5) is 28.6. The minimum absolute atomic E-state index is 0.00155. The van der Waals surface area contributed by atoms with Crippen molar-refractivity contribution in [3.05, 3.63) is 47.9 Å². The number of hydrogen-bond acceptors (Lipinski definition) is 5. The van der Waals surface area contributed by atoms with Gasteiger partial charge >= 0.3 is 0 Å². The van der Waals surface area contributed by atoms with Gasteiger partial charge in [0, 0.05) is 13.1 Å². The number of para-hydroxylation sites is 2. The van der Waals surface area contributed by atoms with Gasteiger partial charge in [-0.1, -0.05) is 18.6 Å². The van der Waals surface area contributed by atoms with Gasteiger partial charge in [-0.15, -0.1) is 0 Å². The smallest absolute Gasteiger partial charge is 0.287 e. The maximum atomic E-state index is 12.3. The third kappa shape index (κ3) is 4.20. The summed E-state index contributed by atoms with van der Waals surface area (Å²) in [6.07, 6.45) is 3.77. The maximum absolute atomic E-state index is 12.3. The molecule has 2 aliphatic rings. The van der Waals surface area contributed by atoms with Crippen molar-refractivity contribution in [3.8, 4) is 5.75 Å². The van der Waals surface area contributed by atoms with Gasteiger partial charge in [-0.05, 0) is 50.2 Å². The van der Waals surface area contributed by atoms with E-state index < -0.39 is 0 Å². The van der Waals surface area contributed by atoms with Crippen molar-refractivity contribution in [2.45, 2.75) is 25.8 Å². The number of carbonyl (C=O) groups excluding carboxylic acids is 2. The number of nitrogens with zero attached hydrogens (tertiary/aromatic N) is 2. The summed E-state index contributed by atoms with van der Waals surface area (Å²) in [7, 11) is 0. The molecular formula is C21H25N3O4. The minimum Gasteiger partial charge on any atom is -0.482 e. The standard InChI is InChI=1S/C21H25N3O4/c25-20-15-27-18-7-3-2-6-17(18)24(20)14-16-8-9-19(28-16)21(26)22-10-13-23-11-4-1-5-12-23/h2-3,6-9H,1,4-5,10-15H2,(H,22,26). The minimum atomic E-state index is -0.225. The van der Waals surface area contributed by atoms with Gasteiger partial charge in [0.2, 0.25) is 0 Å². The molecule has 1 aromatic heterocycles. The molecule has 4 rings (SSSR count). The van der Waals surface area contributed by atoms with E-state index in [1.54, 1.807) is 17.0 Å². The van der Waals surface area contributed by atoms with Crippen LogP contribution < -0.4 is 15.0 Å². The number of ether oxygens (including phenoxy) is 1. The Hall–Kier alpha value is -2.80. The lowest BCUT2D eigenvalue weighted by atomic mass is 10.1. The Morgan fingerprint density at radius 1 is 1.07 bits per heavy atom. The third-order valence-electron chi connectivity index (χ3n) is 5.17. The van der Waals surface area contributed by atoms with Gasteiger partial charge in [0.25, 0.3) is 11.8 Å². The largest absolute Gasteiger partial charge is 0.482 e. The van der Waals surface area contributed by atoms with Crippen LogP contribution in [0.25, 0.3) is 0 Å². The topological polar surface area (TPSA) is 75.0 Å².